The number of hydrogen-bond acceptors (Lipinski definition) is 1. The standard InChI is InChI=1S/C19H20FNO/c1-13-8-9-17(12-14(13)2)15(3)21-19(22)11-10-16-6-4-5-7-18(16)20/h4-12,15H,1-3H3,(H,21,22)/b11-10+/t15-/m0/s1. The first kappa shape index (κ1) is 16.0. The maximum absolute atomic E-state index is 13.5. The maximum atomic E-state index is 13.5. The van der Waals surface area contributed by atoms with Crippen LogP contribution in [0.15, 0.2) is 48.5 Å². The molecule has 1 N–H and O–H groups in total. The predicted molar refractivity (Wildman–Crippen MR) is 87.9 cm³/mol. The molecule has 2 rings (SSSR count). The Balaban J connectivity index is 2.02. The maximum Gasteiger partial charge on any atom is 0.244 e. The number of aryl methyl sites for hydroxylation is 2. The molecule has 0 spiro atoms. The highest BCUT2D eigenvalue weighted by Crippen LogP contribution is 2.16. The largest absolute Gasteiger partial charge is 0.346 e. The molecular weight excluding hydrogens is 277 g/mol. The van der Waals surface area contributed by atoms with Crippen molar-refractivity contribution in [3.63, 3.8) is 0 Å². The van der Waals surface area contributed by atoms with Crippen LogP contribution >= 0.6 is 0 Å². The molecule has 0 radical (unpaired) electrons. The van der Waals surface area contributed by atoms with E-state index in [1.165, 1.54) is 29.3 Å². The molecule has 1 atom stereocenters. The van der Waals surface area contributed by atoms with Gasteiger partial charge in [-0.15, -0.1) is 0 Å². The summed E-state index contributed by atoms with van der Waals surface area (Å²) < 4.78 is 13.5. The average Bonchev–Trinajstić information content (AvgIpc) is 2.49. The molecule has 0 saturated heterocycles. The van der Waals surface area contributed by atoms with E-state index in [0.29, 0.717) is 5.56 Å². The van der Waals surface area contributed by atoms with Crippen molar-refractivity contribution in [2.45, 2.75) is 26.8 Å². The average molecular weight is 297 g/mol. The monoisotopic (exact) mass is 297 g/mol. The molecule has 0 aliphatic rings. The van der Waals surface area contributed by atoms with E-state index in [4.69, 9.17) is 0 Å². The molecule has 0 fully saturated rings. The first-order valence-corrected chi connectivity index (χ1v) is 7.27. The SMILES string of the molecule is Cc1ccc([C@H](C)NC(=O)/C=C/c2ccccc2F)cc1C. The molecule has 0 saturated carbocycles. The minimum absolute atomic E-state index is 0.0999. The van der Waals surface area contributed by atoms with Gasteiger partial charge in [0.2, 0.25) is 5.91 Å². The van der Waals surface area contributed by atoms with Crippen LogP contribution in [0, 0.1) is 19.7 Å². The lowest BCUT2D eigenvalue weighted by molar-refractivity contribution is -0.117. The highest BCUT2D eigenvalue weighted by atomic mass is 19.1. The second kappa shape index (κ2) is 7.03. The number of hydrogen-bond donors (Lipinski definition) is 1. The Morgan fingerprint density at radius 3 is 2.55 bits per heavy atom. The van der Waals surface area contributed by atoms with E-state index in [9.17, 15) is 9.18 Å². The van der Waals surface area contributed by atoms with Crippen LogP contribution in [0.4, 0.5) is 4.39 Å². The molecule has 3 heteroatoms. The second-order valence-electron chi connectivity index (χ2n) is 5.43. The summed E-state index contributed by atoms with van der Waals surface area (Å²) in [6, 6.07) is 12.4. The Labute approximate surface area is 130 Å². The molecule has 0 heterocycles. The van der Waals surface area contributed by atoms with Crippen molar-refractivity contribution in [3.8, 4) is 0 Å². The van der Waals surface area contributed by atoms with Crippen LogP contribution < -0.4 is 5.32 Å². The Bertz CT molecular complexity index is 706. The van der Waals surface area contributed by atoms with Crippen LogP contribution in [0.3, 0.4) is 0 Å². The third-order valence-electron chi connectivity index (χ3n) is 3.71. The zero-order valence-corrected chi connectivity index (χ0v) is 13.1. The Hall–Kier alpha value is -2.42. The van der Waals surface area contributed by atoms with Gasteiger partial charge in [0.15, 0.2) is 0 Å². The summed E-state index contributed by atoms with van der Waals surface area (Å²) in [5.74, 6) is -0.581. The Morgan fingerprint density at radius 1 is 1.14 bits per heavy atom. The number of amides is 1. The van der Waals surface area contributed by atoms with E-state index in [1.807, 2.05) is 26.0 Å². The van der Waals surface area contributed by atoms with Gasteiger partial charge < -0.3 is 5.32 Å². The van der Waals surface area contributed by atoms with Gasteiger partial charge in [-0.2, -0.15) is 0 Å². The number of benzene rings is 2. The molecule has 0 unspecified atom stereocenters. The highest BCUT2D eigenvalue weighted by Gasteiger charge is 2.08. The number of rotatable bonds is 4. The summed E-state index contributed by atoms with van der Waals surface area (Å²) in [6.45, 7) is 6.03. The molecule has 114 valence electrons. The Morgan fingerprint density at radius 2 is 1.86 bits per heavy atom. The van der Waals surface area contributed by atoms with Gasteiger partial charge in [-0.05, 0) is 49.6 Å². The van der Waals surface area contributed by atoms with E-state index in [0.717, 1.165) is 5.56 Å². The zero-order chi connectivity index (χ0) is 16.1. The van der Waals surface area contributed by atoms with Crippen LogP contribution in [0.2, 0.25) is 0 Å². The van der Waals surface area contributed by atoms with E-state index in [2.05, 4.69) is 18.3 Å². The number of nitrogens with one attached hydrogen (secondary N) is 1. The van der Waals surface area contributed by atoms with Crippen molar-refractivity contribution in [1.29, 1.82) is 0 Å². The third-order valence-corrected chi connectivity index (χ3v) is 3.71. The molecule has 1 amide bonds. The van der Waals surface area contributed by atoms with Gasteiger partial charge >= 0.3 is 0 Å². The minimum Gasteiger partial charge on any atom is -0.346 e. The number of carbonyl (C=O) groups excluding carboxylic acids is 1. The third kappa shape index (κ3) is 4.04. The van der Waals surface area contributed by atoms with Crippen molar-refractivity contribution in [3.05, 3.63) is 76.6 Å². The lowest BCUT2D eigenvalue weighted by atomic mass is 10.0. The van der Waals surface area contributed by atoms with E-state index >= 15 is 0 Å². The normalized spacial score (nSPS) is 12.4. The molecule has 22 heavy (non-hydrogen) atoms. The quantitative estimate of drug-likeness (QED) is 0.836. The molecule has 0 aliphatic carbocycles. The van der Waals surface area contributed by atoms with Crippen LogP contribution in [0.25, 0.3) is 6.08 Å². The summed E-state index contributed by atoms with van der Waals surface area (Å²) in [4.78, 5) is 11.9. The van der Waals surface area contributed by atoms with E-state index < -0.39 is 0 Å². The van der Waals surface area contributed by atoms with Crippen LogP contribution in [-0.4, -0.2) is 5.91 Å². The molecule has 0 bridgehead atoms. The first-order chi connectivity index (χ1) is 10.5. The van der Waals surface area contributed by atoms with Crippen LogP contribution in [0.1, 0.15) is 35.2 Å². The fourth-order valence-electron chi connectivity index (χ4n) is 2.15. The minimum atomic E-state index is -0.339. The molecule has 0 aromatic heterocycles. The fraction of sp³-hybridized carbons (Fsp3) is 0.211. The van der Waals surface area contributed by atoms with Gasteiger partial charge in [0.1, 0.15) is 5.82 Å². The summed E-state index contributed by atoms with van der Waals surface area (Å²) in [7, 11) is 0. The number of carbonyl (C=O) groups is 1. The van der Waals surface area contributed by atoms with Crippen molar-refractivity contribution in [2.75, 3.05) is 0 Å². The van der Waals surface area contributed by atoms with Crippen molar-refractivity contribution < 1.29 is 9.18 Å². The van der Waals surface area contributed by atoms with Crippen LogP contribution in [-0.2, 0) is 4.79 Å². The predicted octanol–water partition coefficient (Wildman–Crippen LogP) is 4.33. The number of halogens is 1. The van der Waals surface area contributed by atoms with Gasteiger partial charge in [0, 0.05) is 11.6 Å². The molecule has 2 aromatic carbocycles. The summed E-state index contributed by atoms with van der Waals surface area (Å²) in [6.07, 6.45) is 2.84. The van der Waals surface area contributed by atoms with Crippen molar-refractivity contribution in [1.82, 2.24) is 5.32 Å². The van der Waals surface area contributed by atoms with Gasteiger partial charge in [-0.1, -0.05) is 36.4 Å². The molecule has 2 aromatic rings. The summed E-state index contributed by atoms with van der Waals surface area (Å²) >= 11 is 0. The topological polar surface area (TPSA) is 29.1 Å². The van der Waals surface area contributed by atoms with Crippen LogP contribution in [0.5, 0.6) is 0 Å². The first-order valence-electron chi connectivity index (χ1n) is 7.27. The Kier molecular flexibility index (Phi) is 5.10. The fourth-order valence-corrected chi connectivity index (χ4v) is 2.15. The van der Waals surface area contributed by atoms with Crippen molar-refractivity contribution in [2.24, 2.45) is 0 Å². The lowest BCUT2D eigenvalue weighted by Gasteiger charge is -2.14. The second-order valence-corrected chi connectivity index (χ2v) is 5.43. The van der Waals surface area contributed by atoms with Gasteiger partial charge in [0.25, 0.3) is 0 Å². The molecule has 2 nitrogen and oxygen atoms in total. The van der Waals surface area contributed by atoms with Gasteiger partial charge in [-0.25, -0.2) is 4.39 Å². The van der Waals surface area contributed by atoms with E-state index in [1.54, 1.807) is 18.2 Å². The smallest absolute Gasteiger partial charge is 0.244 e. The molecule has 0 aliphatic heterocycles. The summed E-state index contributed by atoms with van der Waals surface area (Å²) in [5.41, 5.74) is 3.87. The van der Waals surface area contributed by atoms with Gasteiger partial charge in [-0.3, -0.25) is 4.79 Å². The van der Waals surface area contributed by atoms with E-state index in [-0.39, 0.29) is 17.8 Å². The highest BCUT2D eigenvalue weighted by molar-refractivity contribution is 5.92. The zero-order valence-electron chi connectivity index (χ0n) is 13.1. The summed E-state index contributed by atoms with van der Waals surface area (Å²) in [5, 5.41) is 2.88. The van der Waals surface area contributed by atoms with Crippen molar-refractivity contribution >= 4 is 12.0 Å². The lowest BCUT2D eigenvalue weighted by Crippen LogP contribution is -2.24. The van der Waals surface area contributed by atoms with Gasteiger partial charge in [0.05, 0.1) is 6.04 Å². The molecular formula is C19H20FNO.